The second-order valence-electron chi connectivity index (χ2n) is 9.27. The largest absolute Gasteiger partial charge is 0.493 e. The monoisotopic (exact) mass is 502 g/mol. The summed E-state index contributed by atoms with van der Waals surface area (Å²) < 4.78 is 31.4. The van der Waals surface area contributed by atoms with E-state index in [1.807, 2.05) is 26.8 Å². The second kappa shape index (κ2) is 10.1. The quantitative estimate of drug-likeness (QED) is 0.461. The SMILES string of the molecule is COc1cc2nc(Nc3cccc(Cl)c3F)ncc2cc1OC1CCN(C(=O)OC(C)(C)C)CC1. The highest BCUT2D eigenvalue weighted by Crippen LogP contribution is 2.34. The van der Waals surface area contributed by atoms with Gasteiger partial charge in [-0.2, -0.15) is 0 Å². The molecule has 4 rings (SSSR count). The van der Waals surface area contributed by atoms with Crippen LogP contribution in [0, 0.1) is 5.82 Å². The molecule has 3 aromatic rings. The summed E-state index contributed by atoms with van der Waals surface area (Å²) in [5.74, 6) is 0.743. The second-order valence-corrected chi connectivity index (χ2v) is 9.67. The topological polar surface area (TPSA) is 85.8 Å². The molecule has 0 saturated carbocycles. The molecule has 1 N–H and O–H groups in total. The summed E-state index contributed by atoms with van der Waals surface area (Å²) in [5, 5.41) is 3.60. The number of amides is 1. The van der Waals surface area contributed by atoms with E-state index in [-0.39, 0.29) is 28.9 Å². The lowest BCUT2D eigenvalue weighted by Crippen LogP contribution is -2.44. The number of carbonyl (C=O) groups is 1. The van der Waals surface area contributed by atoms with Crippen LogP contribution in [0.1, 0.15) is 33.6 Å². The first-order valence-electron chi connectivity index (χ1n) is 11.3. The number of ether oxygens (including phenoxy) is 3. The van der Waals surface area contributed by atoms with Gasteiger partial charge in [0.25, 0.3) is 0 Å². The summed E-state index contributed by atoms with van der Waals surface area (Å²) in [6, 6.07) is 8.23. The molecule has 10 heteroatoms. The predicted molar refractivity (Wildman–Crippen MR) is 132 cm³/mol. The van der Waals surface area contributed by atoms with Gasteiger partial charge in [-0.25, -0.2) is 19.2 Å². The molecule has 0 atom stereocenters. The highest BCUT2D eigenvalue weighted by molar-refractivity contribution is 6.31. The van der Waals surface area contributed by atoms with Gasteiger partial charge in [0.1, 0.15) is 11.7 Å². The zero-order valence-electron chi connectivity index (χ0n) is 20.1. The van der Waals surface area contributed by atoms with Crippen LogP contribution in [-0.4, -0.2) is 52.9 Å². The molecule has 1 aromatic heterocycles. The number of aromatic nitrogens is 2. The van der Waals surface area contributed by atoms with Crippen LogP contribution in [-0.2, 0) is 4.74 Å². The van der Waals surface area contributed by atoms with Gasteiger partial charge in [0.15, 0.2) is 17.3 Å². The number of fused-ring (bicyclic) bond motifs is 1. The molecule has 0 radical (unpaired) electrons. The Labute approximate surface area is 208 Å². The van der Waals surface area contributed by atoms with Crippen LogP contribution in [0.2, 0.25) is 5.02 Å². The minimum Gasteiger partial charge on any atom is -0.493 e. The third-order valence-corrected chi connectivity index (χ3v) is 5.74. The van der Waals surface area contributed by atoms with Gasteiger partial charge in [-0.1, -0.05) is 17.7 Å². The van der Waals surface area contributed by atoms with Crippen LogP contribution in [0.4, 0.5) is 20.8 Å². The van der Waals surface area contributed by atoms with E-state index in [4.69, 9.17) is 25.8 Å². The summed E-state index contributed by atoms with van der Waals surface area (Å²) in [4.78, 5) is 22.8. The number of likely N-dealkylation sites (tertiary alicyclic amines) is 1. The molecule has 1 aliphatic heterocycles. The average molecular weight is 503 g/mol. The average Bonchev–Trinajstić information content (AvgIpc) is 2.81. The lowest BCUT2D eigenvalue weighted by atomic mass is 10.1. The van der Waals surface area contributed by atoms with Crippen molar-refractivity contribution in [2.75, 3.05) is 25.5 Å². The van der Waals surface area contributed by atoms with Crippen LogP contribution in [0.3, 0.4) is 0 Å². The van der Waals surface area contributed by atoms with Gasteiger partial charge in [0.2, 0.25) is 5.95 Å². The first kappa shape index (κ1) is 24.8. The van der Waals surface area contributed by atoms with E-state index >= 15 is 0 Å². The van der Waals surface area contributed by atoms with Crippen LogP contribution < -0.4 is 14.8 Å². The molecule has 1 amide bonds. The number of benzene rings is 2. The number of methoxy groups -OCH3 is 1. The third kappa shape index (κ3) is 6.03. The first-order chi connectivity index (χ1) is 16.6. The predicted octanol–water partition coefficient (Wildman–Crippen LogP) is 5.95. The van der Waals surface area contributed by atoms with Crippen molar-refractivity contribution in [3.05, 3.63) is 47.4 Å². The molecule has 0 unspecified atom stereocenters. The van der Waals surface area contributed by atoms with Crippen LogP contribution in [0.25, 0.3) is 10.9 Å². The first-order valence-corrected chi connectivity index (χ1v) is 11.7. The van der Waals surface area contributed by atoms with Crippen molar-refractivity contribution in [1.29, 1.82) is 0 Å². The summed E-state index contributed by atoms with van der Waals surface area (Å²) in [6.07, 6.45) is 2.59. The molecule has 2 aromatic carbocycles. The van der Waals surface area contributed by atoms with Gasteiger partial charge in [-0.05, 0) is 39.0 Å². The Morgan fingerprint density at radius 3 is 2.63 bits per heavy atom. The molecular weight excluding hydrogens is 475 g/mol. The van der Waals surface area contributed by atoms with E-state index in [0.717, 1.165) is 5.39 Å². The Morgan fingerprint density at radius 1 is 1.20 bits per heavy atom. The molecule has 2 heterocycles. The van der Waals surface area contributed by atoms with E-state index in [2.05, 4.69) is 15.3 Å². The van der Waals surface area contributed by atoms with Crippen molar-refractivity contribution >= 4 is 40.2 Å². The van der Waals surface area contributed by atoms with E-state index < -0.39 is 11.4 Å². The number of hydrogen-bond donors (Lipinski definition) is 1. The maximum absolute atomic E-state index is 14.2. The zero-order chi connectivity index (χ0) is 25.2. The number of hydrogen-bond acceptors (Lipinski definition) is 7. The smallest absolute Gasteiger partial charge is 0.410 e. The van der Waals surface area contributed by atoms with Crippen molar-refractivity contribution in [3.63, 3.8) is 0 Å². The fraction of sp³-hybridized carbons (Fsp3) is 0.400. The summed E-state index contributed by atoms with van der Waals surface area (Å²) in [6.45, 7) is 6.66. The van der Waals surface area contributed by atoms with Crippen LogP contribution >= 0.6 is 11.6 Å². The Morgan fingerprint density at radius 2 is 1.94 bits per heavy atom. The van der Waals surface area contributed by atoms with Crippen molar-refractivity contribution < 1.29 is 23.4 Å². The molecular formula is C25H28ClFN4O4. The fourth-order valence-electron chi connectivity index (χ4n) is 3.73. The Hall–Kier alpha value is -3.33. The molecule has 1 fully saturated rings. The lowest BCUT2D eigenvalue weighted by Gasteiger charge is -2.33. The molecule has 35 heavy (non-hydrogen) atoms. The molecule has 0 bridgehead atoms. The van der Waals surface area contributed by atoms with E-state index in [0.29, 0.717) is 42.9 Å². The van der Waals surface area contributed by atoms with E-state index in [1.165, 1.54) is 6.07 Å². The number of piperidine rings is 1. The van der Waals surface area contributed by atoms with Crippen molar-refractivity contribution in [3.8, 4) is 11.5 Å². The van der Waals surface area contributed by atoms with Crippen LogP contribution in [0.15, 0.2) is 36.5 Å². The molecule has 8 nitrogen and oxygen atoms in total. The number of nitrogens with zero attached hydrogens (tertiary/aromatic N) is 3. The van der Waals surface area contributed by atoms with Gasteiger partial charge >= 0.3 is 6.09 Å². The zero-order valence-corrected chi connectivity index (χ0v) is 20.9. The minimum absolute atomic E-state index is 0.0103. The lowest BCUT2D eigenvalue weighted by molar-refractivity contribution is 0.0124. The molecule has 0 spiro atoms. The number of carbonyl (C=O) groups excluding carboxylic acids is 1. The van der Waals surface area contributed by atoms with Crippen molar-refractivity contribution in [2.45, 2.75) is 45.3 Å². The number of anilines is 2. The Bertz CT molecular complexity index is 1230. The molecule has 186 valence electrons. The van der Waals surface area contributed by atoms with Crippen molar-refractivity contribution in [2.24, 2.45) is 0 Å². The van der Waals surface area contributed by atoms with Gasteiger partial charge in [-0.3, -0.25) is 0 Å². The van der Waals surface area contributed by atoms with E-state index in [9.17, 15) is 9.18 Å². The maximum atomic E-state index is 14.2. The summed E-state index contributed by atoms with van der Waals surface area (Å²) >= 11 is 5.85. The molecule has 0 aliphatic carbocycles. The Balaban J connectivity index is 1.46. The number of halogens is 2. The van der Waals surface area contributed by atoms with Crippen molar-refractivity contribution in [1.82, 2.24) is 14.9 Å². The van der Waals surface area contributed by atoms with Crippen LogP contribution in [0.5, 0.6) is 11.5 Å². The van der Waals surface area contributed by atoms with Gasteiger partial charge in [-0.15, -0.1) is 0 Å². The van der Waals surface area contributed by atoms with Gasteiger partial charge < -0.3 is 24.4 Å². The number of nitrogens with one attached hydrogen (secondary N) is 1. The highest BCUT2D eigenvalue weighted by Gasteiger charge is 2.28. The van der Waals surface area contributed by atoms with Gasteiger partial charge in [0, 0.05) is 43.6 Å². The maximum Gasteiger partial charge on any atom is 0.410 e. The Kier molecular flexibility index (Phi) is 7.16. The fourth-order valence-corrected chi connectivity index (χ4v) is 3.91. The summed E-state index contributed by atoms with van der Waals surface area (Å²) in [5.41, 5.74) is 0.262. The summed E-state index contributed by atoms with van der Waals surface area (Å²) in [7, 11) is 1.56. The normalized spacial score (nSPS) is 14.6. The standard InChI is InChI=1S/C25H28ClFN4O4/c1-25(2,3)35-24(32)31-10-8-16(9-11-31)34-21-12-15-14-28-23(30-19(15)13-20(21)33-4)29-18-7-5-6-17(26)22(18)27/h5-7,12-14,16H,8-11H2,1-4H3,(H,28,29,30). The van der Waals surface area contributed by atoms with E-state index in [1.54, 1.807) is 36.4 Å². The third-order valence-electron chi connectivity index (χ3n) is 5.45. The van der Waals surface area contributed by atoms with Gasteiger partial charge in [0.05, 0.1) is 23.3 Å². The molecule has 1 saturated heterocycles. The minimum atomic E-state index is -0.572. The number of rotatable bonds is 5. The highest BCUT2D eigenvalue weighted by atomic mass is 35.5. The molecule has 1 aliphatic rings.